The van der Waals surface area contributed by atoms with Crippen LogP contribution in [0.1, 0.15) is 31.2 Å². The highest BCUT2D eigenvalue weighted by Crippen LogP contribution is 2.24. The molecule has 1 aliphatic heterocycles. The number of rotatable bonds is 4. The molecule has 1 aromatic rings. The minimum absolute atomic E-state index is 0.0372. The topological polar surface area (TPSA) is 96.9 Å². The van der Waals surface area contributed by atoms with Crippen LogP contribution in [0.3, 0.4) is 0 Å². The van der Waals surface area contributed by atoms with Gasteiger partial charge in [-0.25, -0.2) is 0 Å². The number of halogens is 1. The smallest absolute Gasteiger partial charge is 0.227 e. The van der Waals surface area contributed by atoms with Gasteiger partial charge in [-0.1, -0.05) is 16.8 Å². The highest BCUT2D eigenvalue weighted by molar-refractivity contribution is 6.33. The Kier molecular flexibility index (Phi) is 5.41. The number of amides is 1. The summed E-state index contributed by atoms with van der Waals surface area (Å²) in [7, 11) is 0. The number of hydrogen-bond acceptors (Lipinski definition) is 4. The van der Waals surface area contributed by atoms with Gasteiger partial charge in [0.05, 0.1) is 23.2 Å². The van der Waals surface area contributed by atoms with Crippen LogP contribution in [0, 0.1) is 0 Å². The third kappa shape index (κ3) is 4.34. The normalized spacial score (nSPS) is 19.3. The first-order chi connectivity index (χ1) is 10.1. The zero-order valence-electron chi connectivity index (χ0n) is 11.5. The van der Waals surface area contributed by atoms with Crippen molar-refractivity contribution in [2.45, 2.75) is 31.8 Å². The first-order valence-corrected chi connectivity index (χ1v) is 7.17. The lowest BCUT2D eigenvalue weighted by Gasteiger charge is -2.22. The molecule has 6 nitrogen and oxygen atoms in total. The first-order valence-electron chi connectivity index (χ1n) is 6.79. The van der Waals surface area contributed by atoms with Crippen molar-refractivity contribution in [3.63, 3.8) is 0 Å². The van der Waals surface area contributed by atoms with Gasteiger partial charge in [0.1, 0.15) is 0 Å². The van der Waals surface area contributed by atoms with E-state index in [1.165, 1.54) is 0 Å². The minimum Gasteiger partial charge on any atom is -0.409 e. The van der Waals surface area contributed by atoms with Crippen LogP contribution in [-0.2, 0) is 9.53 Å². The molecule has 4 N–H and O–H groups in total. The summed E-state index contributed by atoms with van der Waals surface area (Å²) in [5.41, 5.74) is 6.43. The number of ether oxygens (including phenoxy) is 1. The molecule has 1 amide bonds. The van der Waals surface area contributed by atoms with Crippen LogP contribution in [-0.4, -0.2) is 29.7 Å². The van der Waals surface area contributed by atoms with Crippen LogP contribution < -0.4 is 11.1 Å². The van der Waals surface area contributed by atoms with Gasteiger partial charge >= 0.3 is 0 Å². The molecule has 0 saturated carbocycles. The summed E-state index contributed by atoms with van der Waals surface area (Å²) in [6, 6.07) is 4.76. The van der Waals surface area contributed by atoms with E-state index in [2.05, 4.69) is 10.5 Å². The van der Waals surface area contributed by atoms with Crippen LogP contribution in [0.4, 0.5) is 5.69 Å². The lowest BCUT2D eigenvalue weighted by Crippen LogP contribution is -2.25. The molecule has 114 valence electrons. The fraction of sp³-hybridized carbons (Fsp3) is 0.429. The summed E-state index contributed by atoms with van der Waals surface area (Å²) >= 11 is 6.04. The third-order valence-electron chi connectivity index (χ3n) is 3.33. The molecule has 1 aromatic carbocycles. The Bertz CT molecular complexity index is 542. The number of carbonyl (C=O) groups is 1. The molecule has 1 fully saturated rings. The van der Waals surface area contributed by atoms with Gasteiger partial charge in [-0.05, 0) is 37.5 Å². The Balaban J connectivity index is 2.02. The van der Waals surface area contributed by atoms with Crippen LogP contribution in [0.15, 0.2) is 23.4 Å². The fourth-order valence-corrected chi connectivity index (χ4v) is 2.38. The lowest BCUT2D eigenvalue weighted by molar-refractivity contribution is -0.119. The van der Waals surface area contributed by atoms with Crippen LogP contribution in [0.2, 0.25) is 5.02 Å². The molecular formula is C14H18ClN3O3. The summed E-state index contributed by atoms with van der Waals surface area (Å²) < 4.78 is 5.53. The van der Waals surface area contributed by atoms with Gasteiger partial charge in [-0.15, -0.1) is 0 Å². The second-order valence-electron chi connectivity index (χ2n) is 4.92. The van der Waals surface area contributed by atoms with E-state index in [9.17, 15) is 4.79 Å². The van der Waals surface area contributed by atoms with Crippen molar-refractivity contribution in [2.75, 3.05) is 11.9 Å². The molecule has 0 spiro atoms. The maximum absolute atomic E-state index is 12.0. The maximum atomic E-state index is 12.0. The molecule has 1 saturated heterocycles. The van der Waals surface area contributed by atoms with E-state index in [0.717, 1.165) is 19.3 Å². The van der Waals surface area contributed by atoms with E-state index in [4.69, 9.17) is 27.3 Å². The number of hydrogen-bond donors (Lipinski definition) is 3. The number of benzene rings is 1. The zero-order valence-corrected chi connectivity index (χ0v) is 12.3. The summed E-state index contributed by atoms with van der Waals surface area (Å²) in [5, 5.41) is 14.7. The fourth-order valence-electron chi connectivity index (χ4n) is 2.21. The minimum atomic E-state index is -0.166. The quantitative estimate of drug-likeness (QED) is 0.344. The number of nitrogens with zero attached hydrogens (tertiary/aromatic N) is 1. The monoisotopic (exact) mass is 311 g/mol. The van der Waals surface area contributed by atoms with Gasteiger partial charge in [-0.3, -0.25) is 4.79 Å². The second kappa shape index (κ2) is 7.28. The Labute approximate surface area is 127 Å². The molecule has 1 unspecified atom stereocenters. The van der Waals surface area contributed by atoms with Crippen LogP contribution in [0.5, 0.6) is 0 Å². The van der Waals surface area contributed by atoms with E-state index >= 15 is 0 Å². The average molecular weight is 312 g/mol. The molecule has 7 heteroatoms. The van der Waals surface area contributed by atoms with E-state index in [0.29, 0.717) is 29.3 Å². The highest BCUT2D eigenvalue weighted by atomic mass is 35.5. The molecule has 21 heavy (non-hydrogen) atoms. The van der Waals surface area contributed by atoms with Gasteiger partial charge in [0, 0.05) is 12.2 Å². The van der Waals surface area contributed by atoms with Crippen molar-refractivity contribution in [1.29, 1.82) is 0 Å². The standard InChI is InChI=1S/C14H18ClN3O3/c15-11-5-4-9(14(16)18-20)7-12(11)17-13(19)8-10-3-1-2-6-21-10/h4-5,7,10,20H,1-3,6,8H2,(H2,16,18)(H,17,19). The summed E-state index contributed by atoms with van der Waals surface area (Å²) in [6.45, 7) is 0.706. The summed E-state index contributed by atoms with van der Waals surface area (Å²) in [4.78, 5) is 12.0. The van der Waals surface area contributed by atoms with E-state index < -0.39 is 0 Å². The second-order valence-corrected chi connectivity index (χ2v) is 5.33. The molecule has 0 aliphatic carbocycles. The lowest BCUT2D eigenvalue weighted by atomic mass is 10.1. The maximum Gasteiger partial charge on any atom is 0.227 e. The predicted octanol–water partition coefficient (Wildman–Crippen LogP) is 2.33. The molecular weight excluding hydrogens is 294 g/mol. The number of amidine groups is 1. The number of nitrogens with two attached hydrogens (primary N) is 1. The van der Waals surface area contributed by atoms with Gasteiger partial charge in [-0.2, -0.15) is 0 Å². The van der Waals surface area contributed by atoms with Gasteiger partial charge < -0.3 is 21.0 Å². The SMILES string of the molecule is N/C(=N/O)c1ccc(Cl)c(NC(=O)CC2CCCCO2)c1. The molecule has 0 bridgehead atoms. The third-order valence-corrected chi connectivity index (χ3v) is 3.66. The van der Waals surface area contributed by atoms with Crippen LogP contribution >= 0.6 is 11.6 Å². The summed E-state index contributed by atoms with van der Waals surface area (Å²) in [6.07, 6.45) is 3.28. The number of oxime groups is 1. The molecule has 2 rings (SSSR count). The highest BCUT2D eigenvalue weighted by Gasteiger charge is 2.18. The zero-order chi connectivity index (χ0) is 15.2. The Morgan fingerprint density at radius 3 is 3.00 bits per heavy atom. The van der Waals surface area contributed by atoms with Crippen molar-refractivity contribution < 1.29 is 14.7 Å². The number of nitrogens with one attached hydrogen (secondary N) is 1. The van der Waals surface area contributed by atoms with Gasteiger partial charge in [0.25, 0.3) is 0 Å². The van der Waals surface area contributed by atoms with Crippen molar-refractivity contribution >= 4 is 29.0 Å². The molecule has 1 atom stereocenters. The molecule has 0 aromatic heterocycles. The van der Waals surface area contributed by atoms with Gasteiger partial charge in [0.2, 0.25) is 5.91 Å². The van der Waals surface area contributed by atoms with Crippen molar-refractivity contribution in [3.05, 3.63) is 28.8 Å². The Morgan fingerprint density at radius 1 is 1.52 bits per heavy atom. The van der Waals surface area contributed by atoms with Crippen molar-refractivity contribution in [1.82, 2.24) is 0 Å². The molecule has 1 heterocycles. The van der Waals surface area contributed by atoms with Gasteiger partial charge in [0.15, 0.2) is 5.84 Å². The summed E-state index contributed by atoms with van der Waals surface area (Å²) in [5.74, 6) is -0.210. The predicted molar refractivity (Wildman–Crippen MR) is 80.8 cm³/mol. The first kappa shape index (κ1) is 15.6. The Hall–Kier alpha value is -1.79. The number of carbonyl (C=O) groups excluding carboxylic acids is 1. The average Bonchev–Trinajstić information content (AvgIpc) is 2.49. The largest absolute Gasteiger partial charge is 0.409 e. The van der Waals surface area contributed by atoms with E-state index in [1.807, 2.05) is 0 Å². The number of anilines is 1. The van der Waals surface area contributed by atoms with Crippen molar-refractivity contribution in [3.8, 4) is 0 Å². The van der Waals surface area contributed by atoms with Crippen LogP contribution in [0.25, 0.3) is 0 Å². The molecule has 0 radical (unpaired) electrons. The van der Waals surface area contributed by atoms with E-state index in [1.54, 1.807) is 18.2 Å². The van der Waals surface area contributed by atoms with Crippen molar-refractivity contribution in [2.24, 2.45) is 10.9 Å². The van der Waals surface area contributed by atoms with E-state index in [-0.39, 0.29) is 17.8 Å². The molecule has 1 aliphatic rings. The Morgan fingerprint density at radius 2 is 2.33 bits per heavy atom.